The van der Waals surface area contributed by atoms with E-state index in [1.165, 1.54) is 12.0 Å². The molecule has 0 aliphatic rings. The SMILES string of the molecule is CC[C@H](C)NC(=O)[C@H](CC)N(Cc1ccc(Cl)cc1)C(=O)CN(c1cccc(OC)c1)S(C)(=O)=O. The molecule has 2 amide bonds. The number of nitrogens with one attached hydrogen (secondary N) is 1. The van der Waals surface area contributed by atoms with Gasteiger partial charge in [0, 0.05) is 23.7 Å². The zero-order valence-corrected chi connectivity index (χ0v) is 22.4. The first kappa shape index (κ1) is 28.5. The number of amides is 2. The molecule has 0 heterocycles. The summed E-state index contributed by atoms with van der Waals surface area (Å²) < 4.78 is 31.6. The molecule has 10 heteroatoms. The lowest BCUT2D eigenvalue weighted by Crippen LogP contribution is -2.53. The van der Waals surface area contributed by atoms with E-state index in [9.17, 15) is 18.0 Å². The van der Waals surface area contributed by atoms with E-state index < -0.39 is 28.5 Å². The fourth-order valence-electron chi connectivity index (χ4n) is 3.53. The number of benzene rings is 2. The van der Waals surface area contributed by atoms with E-state index in [4.69, 9.17) is 16.3 Å². The van der Waals surface area contributed by atoms with Gasteiger partial charge in [-0.2, -0.15) is 0 Å². The van der Waals surface area contributed by atoms with Crippen LogP contribution in [0.3, 0.4) is 0 Å². The Labute approximate surface area is 213 Å². The maximum absolute atomic E-state index is 13.6. The summed E-state index contributed by atoms with van der Waals surface area (Å²) in [7, 11) is -2.34. The molecule has 0 aromatic heterocycles. The normalized spacial score (nSPS) is 13.0. The van der Waals surface area contributed by atoms with Crippen molar-refractivity contribution in [2.45, 2.75) is 52.2 Å². The second-order valence-electron chi connectivity index (χ2n) is 8.36. The number of anilines is 1. The van der Waals surface area contributed by atoms with Gasteiger partial charge in [-0.25, -0.2) is 8.42 Å². The smallest absolute Gasteiger partial charge is 0.244 e. The van der Waals surface area contributed by atoms with Gasteiger partial charge in [0.05, 0.1) is 19.1 Å². The highest BCUT2D eigenvalue weighted by molar-refractivity contribution is 7.92. The van der Waals surface area contributed by atoms with Gasteiger partial charge in [0.25, 0.3) is 0 Å². The number of carbonyl (C=O) groups is 2. The maximum atomic E-state index is 13.6. The van der Waals surface area contributed by atoms with Crippen LogP contribution in [0.5, 0.6) is 5.75 Å². The van der Waals surface area contributed by atoms with Crippen LogP contribution in [0, 0.1) is 0 Å². The molecule has 0 unspecified atom stereocenters. The van der Waals surface area contributed by atoms with E-state index in [1.54, 1.807) is 48.5 Å². The molecule has 0 aliphatic heterocycles. The van der Waals surface area contributed by atoms with Crippen molar-refractivity contribution >= 4 is 39.1 Å². The molecule has 0 bridgehead atoms. The molecule has 2 aromatic rings. The number of carbonyl (C=O) groups excluding carboxylic acids is 2. The van der Waals surface area contributed by atoms with Crippen molar-refractivity contribution in [1.82, 2.24) is 10.2 Å². The number of halogens is 1. The summed E-state index contributed by atoms with van der Waals surface area (Å²) in [6, 6.07) is 12.6. The third-order valence-corrected chi connectivity index (χ3v) is 7.07. The summed E-state index contributed by atoms with van der Waals surface area (Å²) in [6.45, 7) is 5.33. The highest BCUT2D eigenvalue weighted by Gasteiger charge is 2.32. The molecule has 0 saturated heterocycles. The number of nitrogens with zero attached hydrogens (tertiary/aromatic N) is 2. The molecule has 1 N–H and O–H groups in total. The van der Waals surface area contributed by atoms with Crippen molar-refractivity contribution < 1.29 is 22.7 Å². The van der Waals surface area contributed by atoms with Gasteiger partial charge in [-0.15, -0.1) is 0 Å². The van der Waals surface area contributed by atoms with Crippen LogP contribution in [-0.4, -0.2) is 57.1 Å². The molecular formula is C25H34ClN3O5S. The van der Waals surface area contributed by atoms with Crippen molar-refractivity contribution in [3.8, 4) is 5.75 Å². The van der Waals surface area contributed by atoms with Crippen LogP contribution in [0.2, 0.25) is 5.02 Å². The van der Waals surface area contributed by atoms with Gasteiger partial charge < -0.3 is 15.0 Å². The van der Waals surface area contributed by atoms with Gasteiger partial charge >= 0.3 is 0 Å². The van der Waals surface area contributed by atoms with Crippen molar-refractivity contribution in [3.63, 3.8) is 0 Å². The van der Waals surface area contributed by atoms with Crippen molar-refractivity contribution in [2.75, 3.05) is 24.2 Å². The molecule has 192 valence electrons. The Bertz CT molecular complexity index is 1110. The second-order valence-corrected chi connectivity index (χ2v) is 10.7. The number of hydrogen-bond acceptors (Lipinski definition) is 5. The van der Waals surface area contributed by atoms with E-state index in [1.807, 2.05) is 20.8 Å². The quantitative estimate of drug-likeness (QED) is 0.456. The van der Waals surface area contributed by atoms with Crippen LogP contribution < -0.4 is 14.4 Å². The Kier molecular flexibility index (Phi) is 10.4. The summed E-state index contributed by atoms with van der Waals surface area (Å²) in [4.78, 5) is 28.2. The van der Waals surface area contributed by atoms with E-state index >= 15 is 0 Å². The highest BCUT2D eigenvalue weighted by atomic mass is 35.5. The Balaban J connectivity index is 2.44. The van der Waals surface area contributed by atoms with Gasteiger partial charge in [0.1, 0.15) is 18.3 Å². The molecule has 0 radical (unpaired) electrons. The van der Waals surface area contributed by atoms with Crippen LogP contribution in [0.1, 0.15) is 39.2 Å². The average Bonchev–Trinajstić information content (AvgIpc) is 2.82. The Morgan fingerprint density at radius 2 is 1.74 bits per heavy atom. The summed E-state index contributed by atoms with van der Waals surface area (Å²) in [6.07, 6.45) is 2.14. The number of ether oxygens (including phenoxy) is 1. The standard InChI is InChI=1S/C25H34ClN3O5S/c1-6-18(3)27-25(31)23(7-2)28(16-19-11-13-20(26)14-12-19)24(30)17-29(35(5,32)33)21-9-8-10-22(15-21)34-4/h8-15,18,23H,6-7,16-17H2,1-5H3,(H,27,31)/t18-,23-/m0/s1. The molecule has 2 aromatic carbocycles. The lowest BCUT2D eigenvalue weighted by Gasteiger charge is -2.33. The zero-order chi connectivity index (χ0) is 26.2. The predicted molar refractivity (Wildman–Crippen MR) is 139 cm³/mol. The summed E-state index contributed by atoms with van der Waals surface area (Å²) in [5, 5.41) is 3.49. The van der Waals surface area contributed by atoms with Crippen LogP contribution in [-0.2, 0) is 26.2 Å². The van der Waals surface area contributed by atoms with Crippen molar-refractivity contribution in [3.05, 3.63) is 59.1 Å². The maximum Gasteiger partial charge on any atom is 0.244 e. The Hall–Kier alpha value is -2.78. The third kappa shape index (κ3) is 8.14. The third-order valence-electron chi connectivity index (χ3n) is 5.67. The molecule has 2 atom stereocenters. The fraction of sp³-hybridized carbons (Fsp3) is 0.440. The Morgan fingerprint density at radius 1 is 1.09 bits per heavy atom. The summed E-state index contributed by atoms with van der Waals surface area (Å²) in [5.74, 6) is -0.322. The van der Waals surface area contributed by atoms with Crippen molar-refractivity contribution in [1.29, 1.82) is 0 Å². The molecule has 0 saturated carbocycles. The first-order valence-corrected chi connectivity index (χ1v) is 13.7. The second kappa shape index (κ2) is 12.8. The molecule has 2 rings (SSSR count). The summed E-state index contributed by atoms with van der Waals surface area (Å²) >= 11 is 6.01. The van der Waals surface area contributed by atoms with Gasteiger partial charge in [0.2, 0.25) is 21.8 Å². The topological polar surface area (TPSA) is 96.0 Å². The minimum absolute atomic E-state index is 0.0617. The number of methoxy groups -OCH3 is 1. The van der Waals surface area contributed by atoms with Gasteiger partial charge in [-0.3, -0.25) is 13.9 Å². The van der Waals surface area contributed by atoms with Gasteiger partial charge in [-0.1, -0.05) is 43.6 Å². The molecular weight excluding hydrogens is 490 g/mol. The van der Waals surface area contributed by atoms with Gasteiger partial charge in [-0.05, 0) is 49.6 Å². The van der Waals surface area contributed by atoms with E-state index in [0.717, 1.165) is 22.5 Å². The molecule has 0 fully saturated rings. The van der Waals surface area contributed by atoms with Crippen LogP contribution in [0.15, 0.2) is 48.5 Å². The van der Waals surface area contributed by atoms with E-state index in [0.29, 0.717) is 22.9 Å². The highest BCUT2D eigenvalue weighted by Crippen LogP contribution is 2.24. The lowest BCUT2D eigenvalue weighted by atomic mass is 10.1. The van der Waals surface area contributed by atoms with Crippen LogP contribution in [0.4, 0.5) is 5.69 Å². The Morgan fingerprint density at radius 3 is 2.29 bits per heavy atom. The molecule has 35 heavy (non-hydrogen) atoms. The van der Waals surface area contributed by atoms with E-state index in [-0.39, 0.29) is 18.5 Å². The minimum Gasteiger partial charge on any atom is -0.497 e. The average molecular weight is 524 g/mol. The monoisotopic (exact) mass is 523 g/mol. The predicted octanol–water partition coefficient (Wildman–Crippen LogP) is 3.84. The zero-order valence-electron chi connectivity index (χ0n) is 20.8. The number of hydrogen-bond donors (Lipinski definition) is 1. The van der Waals surface area contributed by atoms with Crippen LogP contribution in [0.25, 0.3) is 0 Å². The van der Waals surface area contributed by atoms with Gasteiger partial charge in [0.15, 0.2) is 0 Å². The first-order chi connectivity index (χ1) is 16.5. The summed E-state index contributed by atoms with van der Waals surface area (Å²) in [5.41, 5.74) is 1.06. The van der Waals surface area contributed by atoms with Crippen LogP contribution >= 0.6 is 11.6 Å². The lowest BCUT2D eigenvalue weighted by molar-refractivity contribution is -0.140. The van der Waals surface area contributed by atoms with Crippen molar-refractivity contribution in [2.24, 2.45) is 0 Å². The minimum atomic E-state index is -3.81. The molecule has 8 nitrogen and oxygen atoms in total. The number of sulfonamides is 1. The molecule has 0 spiro atoms. The van der Waals surface area contributed by atoms with E-state index in [2.05, 4.69) is 5.32 Å². The largest absolute Gasteiger partial charge is 0.497 e. The fourth-order valence-corrected chi connectivity index (χ4v) is 4.49. The first-order valence-electron chi connectivity index (χ1n) is 11.5. The number of rotatable bonds is 12. The molecule has 0 aliphatic carbocycles.